The number of hydrogen-bond donors (Lipinski definition) is 2. The summed E-state index contributed by atoms with van der Waals surface area (Å²) in [6, 6.07) is 5.99. The first-order valence-electron chi connectivity index (χ1n) is 7.24. The molecular formula is C16H22N2O3. The zero-order valence-corrected chi connectivity index (χ0v) is 12.3. The fourth-order valence-electron chi connectivity index (χ4n) is 2.53. The molecule has 0 spiro atoms. The fraction of sp³-hybridized carbons (Fsp3) is 0.438. The van der Waals surface area contributed by atoms with Crippen molar-refractivity contribution < 1.29 is 14.6 Å². The Morgan fingerprint density at radius 3 is 3.10 bits per heavy atom. The Morgan fingerprint density at radius 1 is 1.62 bits per heavy atom. The molecule has 1 aliphatic rings. The molecule has 1 unspecified atom stereocenters. The lowest BCUT2D eigenvalue weighted by molar-refractivity contribution is 0.0973. The van der Waals surface area contributed by atoms with Crippen LogP contribution in [0.4, 0.5) is 4.79 Å². The third kappa shape index (κ3) is 3.62. The molecule has 0 bridgehead atoms. The Hall–Kier alpha value is -1.85. The van der Waals surface area contributed by atoms with Crippen molar-refractivity contribution >= 4 is 6.09 Å². The van der Waals surface area contributed by atoms with Gasteiger partial charge in [0.2, 0.25) is 0 Å². The van der Waals surface area contributed by atoms with Gasteiger partial charge in [0.1, 0.15) is 12.5 Å². The third-order valence-corrected chi connectivity index (χ3v) is 3.72. The monoisotopic (exact) mass is 290 g/mol. The number of nitrogens with one attached hydrogen (secondary N) is 1. The first kappa shape index (κ1) is 15.5. The number of aliphatic hydroxyl groups excluding tert-OH is 1. The highest BCUT2D eigenvalue weighted by molar-refractivity contribution is 5.70. The summed E-state index contributed by atoms with van der Waals surface area (Å²) in [5, 5.41) is 12.5. The first-order valence-corrected chi connectivity index (χ1v) is 7.24. The maximum Gasteiger partial charge on any atom is 0.417 e. The summed E-state index contributed by atoms with van der Waals surface area (Å²) in [6.45, 7) is 6.31. The van der Waals surface area contributed by atoms with Crippen LogP contribution in [0.2, 0.25) is 0 Å². The lowest BCUT2D eigenvalue weighted by Gasteiger charge is -2.18. The largest absolute Gasteiger partial charge is 0.417 e. The molecule has 2 N–H and O–H groups in total. The van der Waals surface area contributed by atoms with Crippen LogP contribution < -0.4 is 10.1 Å². The summed E-state index contributed by atoms with van der Waals surface area (Å²) in [5.41, 5.74) is 2.46. The smallest absolute Gasteiger partial charge is 0.410 e. The molecule has 0 fully saturated rings. The normalized spacial score (nSPS) is 16.4. The molecule has 1 atom stereocenters. The number of hydrogen-bond acceptors (Lipinski definition) is 4. The Bertz CT molecular complexity index is 512. The van der Waals surface area contributed by atoms with E-state index in [-0.39, 0.29) is 12.8 Å². The first-order chi connectivity index (χ1) is 10.2. The molecule has 5 heteroatoms. The van der Waals surface area contributed by atoms with Gasteiger partial charge in [-0.25, -0.2) is 4.79 Å². The van der Waals surface area contributed by atoms with Crippen molar-refractivity contribution in [1.82, 2.24) is 10.2 Å². The van der Waals surface area contributed by atoms with E-state index in [2.05, 4.69) is 11.9 Å². The van der Waals surface area contributed by atoms with Crippen LogP contribution in [0.1, 0.15) is 30.5 Å². The Morgan fingerprint density at radius 2 is 2.43 bits per heavy atom. The highest BCUT2D eigenvalue weighted by atomic mass is 16.6. The second-order valence-corrected chi connectivity index (χ2v) is 5.01. The predicted octanol–water partition coefficient (Wildman–Crippen LogP) is 2.22. The number of nitrogens with zero attached hydrogens (tertiary/aromatic N) is 1. The van der Waals surface area contributed by atoms with Crippen LogP contribution in [0.15, 0.2) is 30.9 Å². The molecule has 5 nitrogen and oxygen atoms in total. The van der Waals surface area contributed by atoms with Gasteiger partial charge in [-0.15, -0.1) is 6.58 Å². The topological polar surface area (TPSA) is 61.8 Å². The number of fused-ring (bicyclic) bond motifs is 1. The maximum absolute atomic E-state index is 11.8. The quantitative estimate of drug-likeness (QED) is 0.623. The lowest BCUT2D eigenvalue weighted by Crippen LogP contribution is -2.34. The fourth-order valence-corrected chi connectivity index (χ4v) is 2.53. The Kier molecular flexibility index (Phi) is 5.36. The molecule has 0 radical (unpaired) electrons. The van der Waals surface area contributed by atoms with Crippen molar-refractivity contribution in [2.24, 2.45) is 0 Å². The maximum atomic E-state index is 11.8. The van der Waals surface area contributed by atoms with Gasteiger partial charge >= 0.3 is 6.09 Å². The van der Waals surface area contributed by atoms with Gasteiger partial charge in [-0.3, -0.25) is 4.90 Å². The molecule has 21 heavy (non-hydrogen) atoms. The van der Waals surface area contributed by atoms with Gasteiger partial charge in [-0.05, 0) is 43.0 Å². The number of amides is 1. The summed E-state index contributed by atoms with van der Waals surface area (Å²) in [5.74, 6) is 0.512. The number of benzene rings is 1. The average Bonchev–Trinajstić information content (AvgIpc) is 2.89. The van der Waals surface area contributed by atoms with Crippen molar-refractivity contribution in [3.8, 4) is 5.75 Å². The van der Waals surface area contributed by atoms with Crippen LogP contribution in [0.25, 0.3) is 0 Å². The molecule has 0 heterocycles. The summed E-state index contributed by atoms with van der Waals surface area (Å²) >= 11 is 0. The van der Waals surface area contributed by atoms with Gasteiger partial charge in [-0.2, -0.15) is 0 Å². The summed E-state index contributed by atoms with van der Waals surface area (Å²) in [4.78, 5) is 13.1. The van der Waals surface area contributed by atoms with Crippen LogP contribution in [0.3, 0.4) is 0 Å². The van der Waals surface area contributed by atoms with Crippen LogP contribution in [-0.2, 0) is 6.42 Å². The summed E-state index contributed by atoms with van der Waals surface area (Å²) < 4.78 is 5.32. The Balaban J connectivity index is 2.09. The second-order valence-electron chi connectivity index (χ2n) is 5.01. The number of carbonyl (C=O) groups is 1. The minimum Gasteiger partial charge on any atom is -0.410 e. The van der Waals surface area contributed by atoms with Crippen molar-refractivity contribution in [3.05, 3.63) is 42.0 Å². The molecular weight excluding hydrogens is 268 g/mol. The molecule has 0 aliphatic heterocycles. The molecule has 0 aromatic heterocycles. The van der Waals surface area contributed by atoms with Gasteiger partial charge in [0.05, 0.1) is 0 Å². The van der Waals surface area contributed by atoms with E-state index in [1.54, 1.807) is 13.0 Å². The van der Waals surface area contributed by atoms with E-state index in [0.717, 1.165) is 19.4 Å². The van der Waals surface area contributed by atoms with Gasteiger partial charge in [0, 0.05) is 19.1 Å². The number of rotatable bonds is 6. The minimum absolute atomic E-state index is 0.275. The number of aryl methyl sites for hydroxylation is 1. The van der Waals surface area contributed by atoms with Gasteiger partial charge < -0.3 is 15.2 Å². The predicted molar refractivity (Wildman–Crippen MR) is 81.2 cm³/mol. The van der Waals surface area contributed by atoms with Crippen LogP contribution in [-0.4, -0.2) is 35.9 Å². The lowest BCUT2D eigenvalue weighted by atomic mass is 10.1. The molecule has 1 aromatic carbocycles. The van der Waals surface area contributed by atoms with Crippen LogP contribution in [0, 0.1) is 0 Å². The highest BCUT2D eigenvalue weighted by Gasteiger charge is 2.23. The van der Waals surface area contributed by atoms with E-state index in [0.29, 0.717) is 12.3 Å². The molecule has 1 aromatic rings. The van der Waals surface area contributed by atoms with E-state index in [9.17, 15) is 4.79 Å². The van der Waals surface area contributed by atoms with E-state index in [1.165, 1.54) is 16.0 Å². The van der Waals surface area contributed by atoms with E-state index in [4.69, 9.17) is 9.84 Å². The average molecular weight is 290 g/mol. The standard InChI is InChI=1S/C16H22N2O3/c1-3-9-17-15-8-6-12-5-7-13(10-14(12)15)21-16(20)18(4-2)11-19/h3,5,7,10,15,17,19H,1,4,6,8-9,11H2,2H3. The van der Waals surface area contributed by atoms with Crippen molar-refractivity contribution in [3.63, 3.8) is 0 Å². The van der Waals surface area contributed by atoms with E-state index < -0.39 is 6.09 Å². The molecule has 114 valence electrons. The van der Waals surface area contributed by atoms with Crippen molar-refractivity contribution in [1.29, 1.82) is 0 Å². The van der Waals surface area contributed by atoms with Gasteiger partial charge in [-0.1, -0.05) is 12.1 Å². The molecule has 2 rings (SSSR count). The summed E-state index contributed by atoms with van der Waals surface area (Å²) in [6.07, 6.45) is 3.37. The number of ether oxygens (including phenoxy) is 1. The van der Waals surface area contributed by atoms with Crippen LogP contribution >= 0.6 is 0 Å². The summed E-state index contributed by atoms with van der Waals surface area (Å²) in [7, 11) is 0. The van der Waals surface area contributed by atoms with Gasteiger partial charge in [0.15, 0.2) is 0 Å². The molecule has 1 aliphatic carbocycles. The second kappa shape index (κ2) is 7.24. The highest BCUT2D eigenvalue weighted by Crippen LogP contribution is 2.33. The van der Waals surface area contributed by atoms with Crippen LogP contribution in [0.5, 0.6) is 5.75 Å². The van der Waals surface area contributed by atoms with Crippen molar-refractivity contribution in [2.75, 3.05) is 19.8 Å². The SMILES string of the molecule is C=CCNC1CCc2ccc(OC(=O)N(CC)CO)cc21. The zero-order valence-electron chi connectivity index (χ0n) is 12.3. The van der Waals surface area contributed by atoms with Crippen molar-refractivity contribution in [2.45, 2.75) is 25.8 Å². The molecule has 0 saturated heterocycles. The molecule has 0 saturated carbocycles. The minimum atomic E-state index is -0.534. The molecule has 1 amide bonds. The number of aliphatic hydroxyl groups is 1. The number of carbonyl (C=O) groups excluding carboxylic acids is 1. The van der Waals surface area contributed by atoms with Gasteiger partial charge in [0.25, 0.3) is 0 Å². The van der Waals surface area contributed by atoms with E-state index in [1.807, 2.05) is 18.2 Å². The third-order valence-electron chi connectivity index (χ3n) is 3.72. The zero-order chi connectivity index (χ0) is 15.2. The van der Waals surface area contributed by atoms with E-state index >= 15 is 0 Å². The Labute approximate surface area is 125 Å².